The molecule has 1 aromatic rings. The zero-order valence-corrected chi connectivity index (χ0v) is 7.14. The minimum absolute atomic E-state index is 0.634. The molecule has 0 spiro atoms. The number of furan rings is 1. The SMILES string of the molecule is CCc1c(C=O)coc1Br. The highest BCUT2D eigenvalue weighted by Crippen LogP contribution is 2.21. The molecule has 54 valence electrons. The Kier molecular flexibility index (Phi) is 2.27. The van der Waals surface area contributed by atoms with E-state index in [0.29, 0.717) is 10.2 Å². The fraction of sp³-hybridized carbons (Fsp3) is 0.286. The molecule has 3 heteroatoms. The fourth-order valence-corrected chi connectivity index (χ4v) is 1.42. The first kappa shape index (κ1) is 7.54. The lowest BCUT2D eigenvalue weighted by atomic mass is 10.2. The van der Waals surface area contributed by atoms with Gasteiger partial charge >= 0.3 is 0 Å². The molecule has 0 atom stereocenters. The minimum Gasteiger partial charge on any atom is -0.457 e. The van der Waals surface area contributed by atoms with Gasteiger partial charge in [-0.25, -0.2) is 0 Å². The van der Waals surface area contributed by atoms with Crippen LogP contribution in [0.25, 0.3) is 0 Å². The van der Waals surface area contributed by atoms with Crippen LogP contribution in [-0.4, -0.2) is 6.29 Å². The Morgan fingerprint density at radius 3 is 2.90 bits per heavy atom. The van der Waals surface area contributed by atoms with E-state index in [1.165, 1.54) is 6.26 Å². The summed E-state index contributed by atoms with van der Waals surface area (Å²) < 4.78 is 5.63. The summed E-state index contributed by atoms with van der Waals surface area (Å²) in [6.45, 7) is 1.97. The maximum Gasteiger partial charge on any atom is 0.172 e. The Bertz CT molecular complexity index is 240. The Morgan fingerprint density at radius 2 is 2.50 bits per heavy atom. The first-order valence-corrected chi connectivity index (χ1v) is 3.80. The van der Waals surface area contributed by atoms with Crippen molar-refractivity contribution in [2.75, 3.05) is 0 Å². The summed E-state index contributed by atoms with van der Waals surface area (Å²) in [6, 6.07) is 0. The predicted octanol–water partition coefficient (Wildman–Crippen LogP) is 2.42. The quantitative estimate of drug-likeness (QED) is 0.691. The molecular formula is C7H7BrO2. The standard InChI is InChI=1S/C7H7BrO2/c1-2-6-5(3-9)4-10-7(6)8/h3-4H,2H2,1H3. The van der Waals surface area contributed by atoms with Crippen molar-refractivity contribution in [2.45, 2.75) is 13.3 Å². The van der Waals surface area contributed by atoms with Crippen LogP contribution in [0.3, 0.4) is 0 Å². The third kappa shape index (κ3) is 1.14. The molecule has 0 aliphatic carbocycles. The summed E-state index contributed by atoms with van der Waals surface area (Å²) in [6.07, 6.45) is 3.06. The normalized spacial score (nSPS) is 9.80. The number of rotatable bonds is 2. The van der Waals surface area contributed by atoms with Crippen molar-refractivity contribution >= 4 is 22.2 Å². The van der Waals surface area contributed by atoms with Gasteiger partial charge in [-0.2, -0.15) is 0 Å². The van der Waals surface area contributed by atoms with Crippen LogP contribution >= 0.6 is 15.9 Å². The van der Waals surface area contributed by atoms with Crippen molar-refractivity contribution in [3.8, 4) is 0 Å². The van der Waals surface area contributed by atoms with Crippen LogP contribution in [-0.2, 0) is 6.42 Å². The van der Waals surface area contributed by atoms with Gasteiger partial charge in [0.2, 0.25) is 0 Å². The molecule has 0 bridgehead atoms. The molecule has 1 rings (SSSR count). The van der Waals surface area contributed by atoms with Gasteiger partial charge in [0.15, 0.2) is 11.0 Å². The van der Waals surface area contributed by atoms with Gasteiger partial charge in [-0.3, -0.25) is 4.79 Å². The van der Waals surface area contributed by atoms with Crippen LogP contribution in [0.2, 0.25) is 0 Å². The number of hydrogen-bond donors (Lipinski definition) is 0. The molecule has 0 fully saturated rings. The van der Waals surface area contributed by atoms with Crippen LogP contribution in [0.1, 0.15) is 22.8 Å². The molecule has 0 amide bonds. The summed E-state index contributed by atoms with van der Waals surface area (Å²) in [5, 5.41) is 0. The van der Waals surface area contributed by atoms with Crippen LogP contribution < -0.4 is 0 Å². The lowest BCUT2D eigenvalue weighted by molar-refractivity contribution is 0.112. The molecule has 0 radical (unpaired) electrons. The average Bonchev–Trinajstić information content (AvgIpc) is 2.30. The van der Waals surface area contributed by atoms with Gasteiger partial charge in [-0.15, -0.1) is 0 Å². The van der Waals surface area contributed by atoms with Crippen molar-refractivity contribution in [3.05, 3.63) is 22.1 Å². The van der Waals surface area contributed by atoms with E-state index in [-0.39, 0.29) is 0 Å². The van der Waals surface area contributed by atoms with Gasteiger partial charge in [0.1, 0.15) is 6.26 Å². The highest BCUT2D eigenvalue weighted by atomic mass is 79.9. The van der Waals surface area contributed by atoms with E-state index < -0.39 is 0 Å². The van der Waals surface area contributed by atoms with Gasteiger partial charge in [0.25, 0.3) is 0 Å². The smallest absolute Gasteiger partial charge is 0.172 e. The number of carbonyl (C=O) groups excluding carboxylic acids is 1. The molecule has 0 aromatic carbocycles. The largest absolute Gasteiger partial charge is 0.457 e. The summed E-state index contributed by atoms with van der Waals surface area (Å²) >= 11 is 3.19. The topological polar surface area (TPSA) is 30.2 Å². The summed E-state index contributed by atoms with van der Waals surface area (Å²) in [4.78, 5) is 10.3. The first-order valence-electron chi connectivity index (χ1n) is 3.00. The van der Waals surface area contributed by atoms with Crippen LogP contribution in [0.5, 0.6) is 0 Å². The summed E-state index contributed by atoms with van der Waals surface area (Å²) in [7, 11) is 0. The molecule has 0 aliphatic heterocycles. The number of carbonyl (C=O) groups is 1. The van der Waals surface area contributed by atoms with Gasteiger partial charge in [0.05, 0.1) is 5.56 Å². The van der Waals surface area contributed by atoms with Crippen molar-refractivity contribution in [1.82, 2.24) is 0 Å². The highest BCUT2D eigenvalue weighted by molar-refractivity contribution is 9.10. The lowest BCUT2D eigenvalue weighted by Crippen LogP contribution is -1.83. The molecule has 1 heterocycles. The maximum atomic E-state index is 10.3. The Hall–Kier alpha value is -0.570. The summed E-state index contributed by atoms with van der Waals surface area (Å²) in [5.41, 5.74) is 1.57. The van der Waals surface area contributed by atoms with Crippen LogP contribution in [0.15, 0.2) is 15.3 Å². The molecule has 2 nitrogen and oxygen atoms in total. The minimum atomic E-state index is 0.634. The van der Waals surface area contributed by atoms with Crippen LogP contribution in [0, 0.1) is 0 Å². The maximum absolute atomic E-state index is 10.3. The molecule has 0 saturated heterocycles. The number of hydrogen-bond acceptors (Lipinski definition) is 2. The van der Waals surface area contributed by atoms with E-state index in [9.17, 15) is 4.79 Å². The van der Waals surface area contributed by atoms with Crippen molar-refractivity contribution in [3.63, 3.8) is 0 Å². The Morgan fingerprint density at radius 1 is 1.80 bits per heavy atom. The molecule has 0 N–H and O–H groups in total. The predicted molar refractivity (Wildman–Crippen MR) is 41.2 cm³/mol. The van der Waals surface area contributed by atoms with E-state index in [0.717, 1.165) is 18.3 Å². The van der Waals surface area contributed by atoms with Crippen molar-refractivity contribution in [1.29, 1.82) is 0 Å². The van der Waals surface area contributed by atoms with Gasteiger partial charge < -0.3 is 4.42 Å². The third-order valence-corrected chi connectivity index (χ3v) is 2.02. The fourth-order valence-electron chi connectivity index (χ4n) is 0.813. The average molecular weight is 203 g/mol. The number of halogens is 1. The second-order valence-electron chi connectivity index (χ2n) is 1.91. The van der Waals surface area contributed by atoms with Gasteiger partial charge in [-0.1, -0.05) is 6.92 Å². The van der Waals surface area contributed by atoms with E-state index in [1.807, 2.05) is 6.92 Å². The Labute approximate surface area is 67.3 Å². The third-order valence-electron chi connectivity index (χ3n) is 1.36. The lowest BCUT2D eigenvalue weighted by Gasteiger charge is -1.88. The molecule has 1 aromatic heterocycles. The van der Waals surface area contributed by atoms with E-state index >= 15 is 0 Å². The number of aldehydes is 1. The first-order chi connectivity index (χ1) is 4.79. The molecule has 0 saturated carbocycles. The molecule has 0 aliphatic rings. The zero-order chi connectivity index (χ0) is 7.56. The highest BCUT2D eigenvalue weighted by Gasteiger charge is 2.07. The Balaban J connectivity index is 3.12. The van der Waals surface area contributed by atoms with E-state index in [4.69, 9.17) is 4.42 Å². The zero-order valence-electron chi connectivity index (χ0n) is 5.56. The van der Waals surface area contributed by atoms with Crippen molar-refractivity contribution in [2.24, 2.45) is 0 Å². The monoisotopic (exact) mass is 202 g/mol. The van der Waals surface area contributed by atoms with Gasteiger partial charge in [-0.05, 0) is 22.4 Å². The van der Waals surface area contributed by atoms with E-state index in [2.05, 4.69) is 15.9 Å². The van der Waals surface area contributed by atoms with Crippen LogP contribution in [0.4, 0.5) is 0 Å². The second kappa shape index (κ2) is 3.01. The van der Waals surface area contributed by atoms with Crippen molar-refractivity contribution < 1.29 is 9.21 Å². The molecule has 10 heavy (non-hydrogen) atoms. The van der Waals surface area contributed by atoms with E-state index in [1.54, 1.807) is 0 Å². The summed E-state index contributed by atoms with van der Waals surface area (Å²) in [5.74, 6) is 0. The van der Waals surface area contributed by atoms with Gasteiger partial charge in [0, 0.05) is 5.56 Å². The second-order valence-corrected chi connectivity index (χ2v) is 2.63. The molecule has 0 unspecified atom stereocenters. The molecular weight excluding hydrogens is 196 g/mol.